The fraction of sp³-hybridized carbons (Fsp3) is 0.600. The van der Waals surface area contributed by atoms with E-state index in [1.54, 1.807) is 7.11 Å². The number of fused-ring (bicyclic) bond motifs is 1. The van der Waals surface area contributed by atoms with Crippen LogP contribution in [0.2, 0.25) is 0 Å². The highest BCUT2D eigenvalue weighted by atomic mass is 16.5. The molecule has 1 saturated heterocycles. The molecule has 1 aromatic rings. The number of ether oxygens (including phenoxy) is 2. The lowest BCUT2D eigenvalue weighted by atomic mass is 9.83. The van der Waals surface area contributed by atoms with E-state index in [1.165, 1.54) is 0 Å². The van der Waals surface area contributed by atoms with E-state index in [0.717, 1.165) is 43.1 Å². The third-order valence-electron chi connectivity index (χ3n) is 4.25. The fourth-order valence-electron chi connectivity index (χ4n) is 3.14. The van der Waals surface area contributed by atoms with Crippen LogP contribution in [0.5, 0.6) is 5.75 Å². The summed E-state index contributed by atoms with van der Waals surface area (Å²) in [5.41, 5.74) is 2.26. The number of hydrogen-bond donors (Lipinski definition) is 2. The second-order valence-corrected chi connectivity index (χ2v) is 5.41. The number of anilines is 1. The molecule has 2 N–H and O–H groups in total. The van der Waals surface area contributed by atoms with Crippen LogP contribution in [-0.4, -0.2) is 37.6 Å². The van der Waals surface area contributed by atoms with Gasteiger partial charge in [0.1, 0.15) is 5.75 Å². The average molecular weight is 263 g/mol. The molecule has 2 atom stereocenters. The molecule has 1 aromatic carbocycles. The molecule has 3 rings (SSSR count). The highest BCUT2D eigenvalue weighted by Gasteiger charge is 2.33. The molecule has 0 spiro atoms. The van der Waals surface area contributed by atoms with E-state index in [4.69, 9.17) is 9.47 Å². The Morgan fingerprint density at radius 2 is 2.11 bits per heavy atom. The molecule has 0 radical (unpaired) electrons. The maximum Gasteiger partial charge on any atom is 0.119 e. The van der Waals surface area contributed by atoms with Gasteiger partial charge in [-0.15, -0.1) is 0 Å². The summed E-state index contributed by atoms with van der Waals surface area (Å²) in [7, 11) is 1.67. The van der Waals surface area contributed by atoms with Gasteiger partial charge in [-0.3, -0.25) is 0 Å². The minimum Gasteiger partial charge on any atom is -0.497 e. The van der Waals surface area contributed by atoms with E-state index in [-0.39, 0.29) is 12.1 Å². The largest absolute Gasteiger partial charge is 0.497 e. The lowest BCUT2D eigenvalue weighted by Crippen LogP contribution is -2.46. The molecule has 2 heterocycles. The predicted octanol–water partition coefficient (Wildman–Crippen LogP) is 1.82. The van der Waals surface area contributed by atoms with Crippen LogP contribution in [0.15, 0.2) is 18.2 Å². The van der Waals surface area contributed by atoms with Gasteiger partial charge in [0.25, 0.3) is 0 Å². The highest BCUT2D eigenvalue weighted by molar-refractivity contribution is 5.57. The SMILES string of the molecule is COc1ccc2c(c1)CC(O)C(C1CCOCC1)N2. The molecular formula is C15H21NO3. The van der Waals surface area contributed by atoms with Gasteiger partial charge in [-0.1, -0.05) is 0 Å². The van der Waals surface area contributed by atoms with Gasteiger partial charge in [0.2, 0.25) is 0 Å². The van der Waals surface area contributed by atoms with Crippen molar-refractivity contribution >= 4 is 5.69 Å². The Morgan fingerprint density at radius 3 is 2.84 bits per heavy atom. The summed E-state index contributed by atoms with van der Waals surface area (Å²) in [6.07, 6.45) is 2.42. The molecule has 4 nitrogen and oxygen atoms in total. The number of aliphatic hydroxyl groups excluding tert-OH is 1. The topological polar surface area (TPSA) is 50.7 Å². The van der Waals surface area contributed by atoms with Gasteiger partial charge in [0.15, 0.2) is 0 Å². The van der Waals surface area contributed by atoms with Crippen LogP contribution in [0.25, 0.3) is 0 Å². The standard InChI is InChI=1S/C15H21NO3/c1-18-12-2-3-13-11(8-12)9-14(17)15(16-13)10-4-6-19-7-5-10/h2-3,8,10,14-17H,4-7,9H2,1H3. The number of benzene rings is 1. The summed E-state index contributed by atoms with van der Waals surface area (Å²) in [6, 6.07) is 6.16. The van der Waals surface area contributed by atoms with Crippen molar-refractivity contribution in [2.75, 3.05) is 25.6 Å². The van der Waals surface area contributed by atoms with Gasteiger partial charge in [0.05, 0.1) is 19.3 Å². The zero-order valence-corrected chi connectivity index (χ0v) is 11.3. The minimum absolute atomic E-state index is 0.143. The lowest BCUT2D eigenvalue weighted by Gasteiger charge is -2.38. The molecule has 0 amide bonds. The molecule has 0 saturated carbocycles. The maximum atomic E-state index is 10.4. The van der Waals surface area contributed by atoms with Crippen LogP contribution in [-0.2, 0) is 11.2 Å². The van der Waals surface area contributed by atoms with E-state index in [9.17, 15) is 5.11 Å². The summed E-state index contributed by atoms with van der Waals surface area (Å²) in [6.45, 7) is 1.62. The molecule has 0 aromatic heterocycles. The first-order valence-corrected chi connectivity index (χ1v) is 6.97. The minimum atomic E-state index is -0.331. The van der Waals surface area contributed by atoms with Crippen LogP contribution >= 0.6 is 0 Å². The van der Waals surface area contributed by atoms with Crippen molar-refractivity contribution in [3.8, 4) is 5.75 Å². The van der Waals surface area contributed by atoms with Crippen LogP contribution < -0.4 is 10.1 Å². The van der Waals surface area contributed by atoms with Gasteiger partial charge in [-0.05, 0) is 42.5 Å². The molecule has 0 aliphatic carbocycles. The van der Waals surface area contributed by atoms with E-state index in [1.807, 2.05) is 18.2 Å². The third kappa shape index (κ3) is 2.55. The monoisotopic (exact) mass is 263 g/mol. The van der Waals surface area contributed by atoms with Gasteiger partial charge >= 0.3 is 0 Å². The van der Waals surface area contributed by atoms with Crippen LogP contribution in [0.4, 0.5) is 5.69 Å². The first-order valence-electron chi connectivity index (χ1n) is 6.97. The highest BCUT2D eigenvalue weighted by Crippen LogP contribution is 2.33. The maximum absolute atomic E-state index is 10.4. The van der Waals surface area contributed by atoms with Crippen molar-refractivity contribution in [2.45, 2.75) is 31.4 Å². The van der Waals surface area contributed by atoms with Gasteiger partial charge in [-0.2, -0.15) is 0 Å². The van der Waals surface area contributed by atoms with E-state index >= 15 is 0 Å². The zero-order chi connectivity index (χ0) is 13.2. The second kappa shape index (κ2) is 5.39. The summed E-state index contributed by atoms with van der Waals surface area (Å²) in [5.74, 6) is 1.34. The molecule has 1 fully saturated rings. The molecule has 2 aliphatic rings. The molecule has 0 bridgehead atoms. The van der Waals surface area contributed by atoms with Crippen LogP contribution in [0.1, 0.15) is 18.4 Å². The molecule has 4 heteroatoms. The Balaban J connectivity index is 1.79. The van der Waals surface area contributed by atoms with Gasteiger partial charge in [0, 0.05) is 25.3 Å². The fourth-order valence-corrected chi connectivity index (χ4v) is 3.14. The summed E-state index contributed by atoms with van der Waals surface area (Å²) >= 11 is 0. The first-order chi connectivity index (χ1) is 9.28. The Morgan fingerprint density at radius 1 is 1.32 bits per heavy atom. The Labute approximate surface area is 113 Å². The molecular weight excluding hydrogens is 242 g/mol. The number of hydrogen-bond acceptors (Lipinski definition) is 4. The number of nitrogens with one attached hydrogen (secondary N) is 1. The van der Waals surface area contributed by atoms with E-state index < -0.39 is 0 Å². The van der Waals surface area contributed by atoms with Crippen molar-refractivity contribution in [2.24, 2.45) is 5.92 Å². The predicted molar refractivity (Wildman–Crippen MR) is 73.7 cm³/mol. The summed E-state index contributed by atoms with van der Waals surface area (Å²) in [4.78, 5) is 0. The van der Waals surface area contributed by atoms with Crippen LogP contribution in [0, 0.1) is 5.92 Å². The molecule has 2 unspecified atom stereocenters. The van der Waals surface area contributed by atoms with Crippen molar-refractivity contribution in [1.29, 1.82) is 0 Å². The number of methoxy groups -OCH3 is 1. The molecule has 19 heavy (non-hydrogen) atoms. The first kappa shape index (κ1) is 12.8. The lowest BCUT2D eigenvalue weighted by molar-refractivity contribution is 0.0348. The van der Waals surface area contributed by atoms with Crippen molar-refractivity contribution in [1.82, 2.24) is 0 Å². The number of rotatable bonds is 2. The normalized spacial score (nSPS) is 27.5. The average Bonchev–Trinajstić information content (AvgIpc) is 2.47. The van der Waals surface area contributed by atoms with E-state index in [0.29, 0.717) is 12.3 Å². The van der Waals surface area contributed by atoms with Crippen molar-refractivity contribution in [3.63, 3.8) is 0 Å². The third-order valence-corrected chi connectivity index (χ3v) is 4.25. The molecule has 104 valence electrons. The smallest absolute Gasteiger partial charge is 0.119 e. The summed E-state index contributed by atoms with van der Waals surface area (Å²) in [5, 5.41) is 13.9. The second-order valence-electron chi connectivity index (χ2n) is 5.41. The van der Waals surface area contributed by atoms with E-state index in [2.05, 4.69) is 5.32 Å². The Bertz CT molecular complexity index is 443. The van der Waals surface area contributed by atoms with Gasteiger partial charge in [-0.25, -0.2) is 0 Å². The van der Waals surface area contributed by atoms with Crippen molar-refractivity contribution in [3.05, 3.63) is 23.8 Å². The summed E-state index contributed by atoms with van der Waals surface area (Å²) < 4.78 is 10.6. The quantitative estimate of drug-likeness (QED) is 0.854. The van der Waals surface area contributed by atoms with Crippen LogP contribution in [0.3, 0.4) is 0 Å². The molecule has 2 aliphatic heterocycles. The number of aliphatic hydroxyl groups is 1. The zero-order valence-electron chi connectivity index (χ0n) is 11.3. The van der Waals surface area contributed by atoms with Gasteiger partial charge < -0.3 is 19.9 Å². The van der Waals surface area contributed by atoms with Crippen molar-refractivity contribution < 1.29 is 14.6 Å². The Hall–Kier alpha value is -1.26. The Kier molecular flexibility index (Phi) is 3.62.